The minimum atomic E-state index is -0.668. The Morgan fingerprint density at radius 1 is 1.00 bits per heavy atom. The van der Waals surface area contributed by atoms with Crippen LogP contribution >= 0.6 is 0 Å². The summed E-state index contributed by atoms with van der Waals surface area (Å²) >= 11 is 0. The monoisotopic (exact) mass is 295 g/mol. The van der Waals surface area contributed by atoms with E-state index in [4.69, 9.17) is 9.15 Å². The Balaban J connectivity index is 1.65. The predicted molar refractivity (Wildman–Crippen MR) is 81.6 cm³/mol. The van der Waals surface area contributed by atoms with Crippen molar-refractivity contribution in [2.24, 2.45) is 0 Å². The van der Waals surface area contributed by atoms with Gasteiger partial charge < -0.3 is 14.5 Å². The van der Waals surface area contributed by atoms with Crippen LogP contribution in [0.5, 0.6) is 0 Å². The van der Waals surface area contributed by atoms with E-state index in [9.17, 15) is 9.59 Å². The molecule has 1 aromatic heterocycles. The normalized spacial score (nSPS) is 10.4. The molecule has 0 bridgehead atoms. The summed E-state index contributed by atoms with van der Waals surface area (Å²) in [6, 6.07) is 16.4. The average molecular weight is 295 g/mol. The third kappa shape index (κ3) is 2.98. The Morgan fingerprint density at radius 2 is 1.82 bits per heavy atom. The zero-order valence-electron chi connectivity index (χ0n) is 11.6. The van der Waals surface area contributed by atoms with Gasteiger partial charge in [-0.25, -0.2) is 4.79 Å². The lowest BCUT2D eigenvalue weighted by Crippen LogP contribution is -2.20. The predicted octanol–water partition coefficient (Wildman–Crippen LogP) is 3.23. The van der Waals surface area contributed by atoms with Crippen LogP contribution < -0.4 is 5.32 Å². The molecule has 1 amide bonds. The summed E-state index contributed by atoms with van der Waals surface area (Å²) in [5.41, 5.74) is 0.678. The van der Waals surface area contributed by atoms with Gasteiger partial charge in [-0.3, -0.25) is 4.79 Å². The highest BCUT2D eigenvalue weighted by molar-refractivity contribution is 6.03. The smallest absolute Gasteiger partial charge is 0.374 e. The van der Waals surface area contributed by atoms with E-state index in [2.05, 4.69) is 5.32 Å². The van der Waals surface area contributed by atoms with Crippen molar-refractivity contribution in [1.82, 2.24) is 0 Å². The zero-order valence-corrected chi connectivity index (χ0v) is 11.6. The number of hydrogen-bond donors (Lipinski definition) is 1. The number of ether oxygens (including phenoxy) is 1. The Hall–Kier alpha value is -3.08. The molecule has 2 aromatic carbocycles. The molecule has 0 fully saturated rings. The van der Waals surface area contributed by atoms with Crippen molar-refractivity contribution in [1.29, 1.82) is 0 Å². The van der Waals surface area contributed by atoms with Gasteiger partial charge in [0, 0.05) is 11.1 Å². The summed E-state index contributed by atoms with van der Waals surface area (Å²) in [4.78, 5) is 23.5. The molecule has 22 heavy (non-hydrogen) atoms. The van der Waals surface area contributed by atoms with Crippen molar-refractivity contribution in [2.75, 3.05) is 11.9 Å². The van der Waals surface area contributed by atoms with Crippen LogP contribution in [0.1, 0.15) is 10.6 Å². The van der Waals surface area contributed by atoms with E-state index in [1.165, 1.54) is 12.3 Å². The van der Waals surface area contributed by atoms with E-state index in [-0.39, 0.29) is 12.4 Å². The SMILES string of the molecule is O=C(COC(=O)c1ccco1)Nc1cccc2ccccc12. The molecule has 0 atom stereocenters. The van der Waals surface area contributed by atoms with Crippen LogP contribution in [0.25, 0.3) is 10.8 Å². The number of furan rings is 1. The van der Waals surface area contributed by atoms with E-state index in [0.717, 1.165) is 10.8 Å². The molecular formula is C17H13NO4. The highest BCUT2D eigenvalue weighted by Crippen LogP contribution is 2.22. The number of esters is 1. The van der Waals surface area contributed by atoms with Crippen LogP contribution in [0.15, 0.2) is 65.3 Å². The first-order valence-corrected chi connectivity index (χ1v) is 6.72. The summed E-state index contributed by atoms with van der Waals surface area (Å²) < 4.78 is 9.79. The number of carbonyl (C=O) groups is 2. The molecule has 0 unspecified atom stereocenters. The highest BCUT2D eigenvalue weighted by atomic mass is 16.5. The minimum Gasteiger partial charge on any atom is -0.457 e. The maximum absolute atomic E-state index is 11.9. The maximum Gasteiger partial charge on any atom is 0.374 e. The van der Waals surface area contributed by atoms with Crippen molar-refractivity contribution in [2.45, 2.75) is 0 Å². The molecule has 0 aliphatic rings. The van der Waals surface area contributed by atoms with Crippen molar-refractivity contribution < 1.29 is 18.7 Å². The third-order valence-electron chi connectivity index (χ3n) is 3.12. The summed E-state index contributed by atoms with van der Waals surface area (Å²) in [6.07, 6.45) is 1.37. The summed E-state index contributed by atoms with van der Waals surface area (Å²) in [6.45, 7) is -0.372. The van der Waals surface area contributed by atoms with Gasteiger partial charge >= 0.3 is 5.97 Å². The van der Waals surface area contributed by atoms with Crippen LogP contribution in [0.2, 0.25) is 0 Å². The molecule has 0 aliphatic heterocycles. The van der Waals surface area contributed by atoms with Gasteiger partial charge in [0.25, 0.3) is 5.91 Å². The molecular weight excluding hydrogens is 282 g/mol. The second-order valence-electron chi connectivity index (χ2n) is 4.63. The van der Waals surface area contributed by atoms with Crippen molar-refractivity contribution in [3.8, 4) is 0 Å². The van der Waals surface area contributed by atoms with E-state index < -0.39 is 11.9 Å². The number of rotatable bonds is 4. The minimum absolute atomic E-state index is 0.0676. The second kappa shape index (κ2) is 6.13. The van der Waals surface area contributed by atoms with Gasteiger partial charge in [-0.2, -0.15) is 0 Å². The fraction of sp³-hybridized carbons (Fsp3) is 0.0588. The average Bonchev–Trinajstić information content (AvgIpc) is 3.07. The fourth-order valence-electron chi connectivity index (χ4n) is 2.12. The second-order valence-corrected chi connectivity index (χ2v) is 4.63. The van der Waals surface area contributed by atoms with E-state index >= 15 is 0 Å². The summed E-state index contributed by atoms with van der Waals surface area (Å²) in [7, 11) is 0. The summed E-state index contributed by atoms with van der Waals surface area (Å²) in [5.74, 6) is -1.01. The number of anilines is 1. The Labute approximate surface area is 126 Å². The van der Waals surface area contributed by atoms with Gasteiger partial charge in [0.05, 0.1) is 6.26 Å². The van der Waals surface area contributed by atoms with Crippen LogP contribution in [0.3, 0.4) is 0 Å². The van der Waals surface area contributed by atoms with E-state index in [1.807, 2.05) is 36.4 Å². The lowest BCUT2D eigenvalue weighted by Gasteiger charge is -2.08. The number of carbonyl (C=O) groups excluding carboxylic acids is 2. The molecule has 0 saturated carbocycles. The Kier molecular flexibility index (Phi) is 3.87. The molecule has 1 heterocycles. The van der Waals surface area contributed by atoms with Crippen LogP contribution in [0.4, 0.5) is 5.69 Å². The van der Waals surface area contributed by atoms with Crippen LogP contribution in [0, 0.1) is 0 Å². The highest BCUT2D eigenvalue weighted by Gasteiger charge is 2.13. The number of benzene rings is 2. The molecule has 5 heteroatoms. The van der Waals surface area contributed by atoms with Gasteiger partial charge in [0.1, 0.15) is 0 Å². The first-order chi connectivity index (χ1) is 10.7. The maximum atomic E-state index is 11.9. The van der Waals surface area contributed by atoms with E-state index in [0.29, 0.717) is 5.69 Å². The molecule has 0 saturated heterocycles. The number of nitrogens with one attached hydrogen (secondary N) is 1. The first-order valence-electron chi connectivity index (χ1n) is 6.72. The van der Waals surface area contributed by atoms with Gasteiger partial charge in [-0.1, -0.05) is 36.4 Å². The molecule has 5 nitrogen and oxygen atoms in total. The standard InChI is InChI=1S/C17H13NO4/c19-16(11-22-17(20)15-9-4-10-21-15)18-14-8-3-6-12-5-1-2-7-13(12)14/h1-10H,11H2,(H,18,19). The van der Waals surface area contributed by atoms with E-state index in [1.54, 1.807) is 12.1 Å². The molecule has 0 spiro atoms. The van der Waals surface area contributed by atoms with Gasteiger partial charge in [0.2, 0.25) is 5.76 Å². The molecule has 1 N–H and O–H groups in total. The molecule has 0 radical (unpaired) electrons. The van der Waals surface area contributed by atoms with Crippen molar-refractivity contribution in [3.05, 3.63) is 66.6 Å². The van der Waals surface area contributed by atoms with Crippen molar-refractivity contribution >= 4 is 28.3 Å². The topological polar surface area (TPSA) is 68.5 Å². The summed E-state index contributed by atoms with van der Waals surface area (Å²) in [5, 5.41) is 4.69. The number of fused-ring (bicyclic) bond motifs is 1. The van der Waals surface area contributed by atoms with Crippen LogP contribution in [-0.4, -0.2) is 18.5 Å². The lowest BCUT2D eigenvalue weighted by molar-refractivity contribution is -0.119. The van der Waals surface area contributed by atoms with Gasteiger partial charge in [0.15, 0.2) is 6.61 Å². The first kappa shape index (κ1) is 13.9. The lowest BCUT2D eigenvalue weighted by atomic mass is 10.1. The quantitative estimate of drug-likeness (QED) is 0.750. The van der Waals surface area contributed by atoms with Gasteiger partial charge in [-0.05, 0) is 23.6 Å². The number of hydrogen-bond acceptors (Lipinski definition) is 4. The van der Waals surface area contributed by atoms with Crippen molar-refractivity contribution in [3.63, 3.8) is 0 Å². The zero-order chi connectivity index (χ0) is 15.4. The van der Waals surface area contributed by atoms with Crippen LogP contribution in [-0.2, 0) is 9.53 Å². The molecule has 3 rings (SSSR count). The number of amides is 1. The molecule has 3 aromatic rings. The molecule has 110 valence electrons. The Morgan fingerprint density at radius 3 is 2.64 bits per heavy atom. The Bertz CT molecular complexity index is 803. The largest absolute Gasteiger partial charge is 0.457 e. The molecule has 0 aliphatic carbocycles. The fourth-order valence-corrected chi connectivity index (χ4v) is 2.12. The van der Waals surface area contributed by atoms with Gasteiger partial charge in [-0.15, -0.1) is 0 Å². The third-order valence-corrected chi connectivity index (χ3v) is 3.12.